The molecule has 16 heteroatoms. The molecule has 0 bridgehead atoms. The Kier molecular flexibility index (Phi) is 10.5. The Balaban J connectivity index is 1.36. The van der Waals surface area contributed by atoms with Crippen LogP contribution in [-0.2, 0) is 10.1 Å². The molecule has 0 aliphatic heterocycles. The number of hydrogen-bond acceptors (Lipinski definition) is 15. The number of nitrogens with zero attached hydrogens (tertiary/aromatic N) is 2. The van der Waals surface area contributed by atoms with Crippen LogP contribution in [0.2, 0.25) is 0 Å². The highest BCUT2D eigenvalue weighted by Gasteiger charge is 2.25. The summed E-state index contributed by atoms with van der Waals surface area (Å²) in [5.74, 6) is 2.16. The first-order valence-electron chi connectivity index (χ1n) is 14.3. The van der Waals surface area contributed by atoms with E-state index in [1.54, 1.807) is 36.4 Å². The van der Waals surface area contributed by atoms with Gasteiger partial charge in [-0.1, -0.05) is 39.7 Å². The summed E-state index contributed by atoms with van der Waals surface area (Å²) >= 11 is 1.15. The van der Waals surface area contributed by atoms with Gasteiger partial charge in [0.05, 0.1) is 42.2 Å². The van der Waals surface area contributed by atoms with E-state index < -0.39 is 21.6 Å². The number of aryl methyl sites for hydroxylation is 1. The molecule has 0 atom stereocenters. The van der Waals surface area contributed by atoms with Crippen LogP contribution >= 0.6 is 11.8 Å². The predicted octanol–water partition coefficient (Wildman–Crippen LogP) is 5.52. The van der Waals surface area contributed by atoms with Gasteiger partial charge in [0.2, 0.25) is 16.9 Å². The third-order valence-corrected chi connectivity index (χ3v) is 9.03. The molecule has 0 unspecified atom stereocenters. The fourth-order valence-corrected chi connectivity index (χ4v) is 6.07. The van der Waals surface area contributed by atoms with E-state index in [4.69, 9.17) is 41.4 Å². The van der Waals surface area contributed by atoms with Gasteiger partial charge in [-0.15, -0.1) is 0 Å². The van der Waals surface area contributed by atoms with Crippen molar-refractivity contribution in [3.8, 4) is 51.9 Å². The molecular formula is C32H32N2O12S2. The second-order valence-corrected chi connectivity index (χ2v) is 12.5. The van der Waals surface area contributed by atoms with Gasteiger partial charge in [-0.05, 0) is 37.6 Å². The smallest absolute Gasteiger partial charge is 0.431 e. The molecule has 0 spiro atoms. The second-order valence-electron chi connectivity index (χ2n) is 9.94. The van der Waals surface area contributed by atoms with Gasteiger partial charge in [0, 0.05) is 23.4 Å². The van der Waals surface area contributed by atoms with Crippen LogP contribution in [0.1, 0.15) is 12.0 Å². The highest BCUT2D eigenvalue weighted by Crippen LogP contribution is 2.44. The van der Waals surface area contributed by atoms with Gasteiger partial charge in [-0.2, -0.15) is 8.42 Å². The van der Waals surface area contributed by atoms with Crippen LogP contribution in [0.4, 0.5) is 0 Å². The molecule has 48 heavy (non-hydrogen) atoms. The maximum Gasteiger partial charge on any atom is 0.431 e. The first kappa shape index (κ1) is 34.3. The minimum Gasteiger partial charge on any atom is -0.496 e. The molecule has 5 rings (SSSR count). The van der Waals surface area contributed by atoms with Gasteiger partial charge in [0.1, 0.15) is 27.4 Å². The summed E-state index contributed by atoms with van der Waals surface area (Å²) in [6, 6.07) is 12.6. The van der Waals surface area contributed by atoms with E-state index in [2.05, 4.69) is 10.2 Å². The van der Waals surface area contributed by atoms with Gasteiger partial charge in [0.15, 0.2) is 17.3 Å². The zero-order chi connectivity index (χ0) is 34.4. The zero-order valence-corrected chi connectivity index (χ0v) is 28.5. The lowest BCUT2D eigenvalue weighted by Gasteiger charge is -2.16. The summed E-state index contributed by atoms with van der Waals surface area (Å²) in [6.07, 6.45) is -0.0970. The molecule has 0 saturated heterocycles. The van der Waals surface area contributed by atoms with Crippen LogP contribution in [0.5, 0.6) is 40.6 Å². The summed E-state index contributed by atoms with van der Waals surface area (Å²) in [6.45, 7) is 1.92. The van der Waals surface area contributed by atoms with Gasteiger partial charge in [0.25, 0.3) is 5.22 Å². The quantitative estimate of drug-likeness (QED) is 0.0759. The van der Waals surface area contributed by atoms with Gasteiger partial charge in [-0.3, -0.25) is 4.79 Å². The van der Waals surface area contributed by atoms with Crippen LogP contribution in [0.3, 0.4) is 0 Å². The van der Waals surface area contributed by atoms with Crippen molar-refractivity contribution in [2.45, 2.75) is 23.5 Å². The third kappa shape index (κ3) is 7.23. The molecule has 0 fully saturated rings. The molecule has 254 valence electrons. The first-order valence-corrected chi connectivity index (χ1v) is 16.6. The number of thioether (sulfide) groups is 1. The molecule has 0 N–H and O–H groups in total. The van der Waals surface area contributed by atoms with E-state index in [1.165, 1.54) is 47.7 Å². The Morgan fingerprint density at radius 3 is 2.10 bits per heavy atom. The van der Waals surface area contributed by atoms with E-state index in [0.29, 0.717) is 40.7 Å². The monoisotopic (exact) mass is 700 g/mol. The van der Waals surface area contributed by atoms with Crippen molar-refractivity contribution < 1.29 is 49.9 Å². The highest BCUT2D eigenvalue weighted by atomic mass is 32.2. The number of benzene rings is 3. The molecule has 0 aliphatic carbocycles. The van der Waals surface area contributed by atoms with Crippen LogP contribution in [0.25, 0.3) is 22.3 Å². The maximum absolute atomic E-state index is 14.0. The number of fused-ring (bicyclic) bond motifs is 1. The van der Waals surface area contributed by atoms with Crippen LogP contribution in [0.15, 0.2) is 72.3 Å². The molecule has 0 amide bonds. The summed E-state index contributed by atoms with van der Waals surface area (Å²) in [4.78, 5) is 13.9. The lowest BCUT2D eigenvalue weighted by Crippen LogP contribution is -2.12. The fourth-order valence-electron chi connectivity index (χ4n) is 4.58. The Morgan fingerprint density at radius 1 is 0.792 bits per heavy atom. The molecule has 0 saturated carbocycles. The van der Waals surface area contributed by atoms with E-state index in [9.17, 15) is 13.2 Å². The van der Waals surface area contributed by atoms with Crippen molar-refractivity contribution in [3.05, 3.63) is 64.3 Å². The average molecular weight is 701 g/mol. The molecule has 2 aromatic heterocycles. The van der Waals surface area contributed by atoms with Crippen LogP contribution in [0, 0.1) is 6.92 Å². The van der Waals surface area contributed by atoms with Crippen molar-refractivity contribution in [1.29, 1.82) is 0 Å². The summed E-state index contributed by atoms with van der Waals surface area (Å²) in [5.41, 5.74) is 1.06. The third-order valence-electron chi connectivity index (χ3n) is 6.91. The molecule has 2 heterocycles. The van der Waals surface area contributed by atoms with E-state index in [-0.39, 0.29) is 45.0 Å². The van der Waals surface area contributed by atoms with E-state index in [1.807, 2.05) is 6.92 Å². The van der Waals surface area contributed by atoms with Gasteiger partial charge >= 0.3 is 16.2 Å². The zero-order valence-electron chi connectivity index (χ0n) is 26.9. The second kappa shape index (κ2) is 14.8. The topological polar surface area (TPSA) is 168 Å². The van der Waals surface area contributed by atoms with E-state index in [0.717, 1.165) is 17.3 Å². The normalized spacial score (nSPS) is 11.3. The van der Waals surface area contributed by atoms with Gasteiger partial charge < -0.3 is 41.4 Å². The van der Waals surface area contributed by atoms with E-state index >= 15 is 0 Å². The fraction of sp³-hybridized carbons (Fsp3) is 0.281. The lowest BCUT2D eigenvalue weighted by atomic mass is 10.1. The number of aromatic nitrogens is 2. The molecule has 5 aromatic rings. The van der Waals surface area contributed by atoms with Crippen molar-refractivity contribution in [3.63, 3.8) is 0 Å². The summed E-state index contributed by atoms with van der Waals surface area (Å²) < 4.78 is 75.1. The Hall–Kier alpha value is -5.09. The lowest BCUT2D eigenvalue weighted by molar-refractivity contribution is 0.308. The number of methoxy groups -OCH3 is 5. The molecule has 14 nitrogen and oxygen atoms in total. The highest BCUT2D eigenvalue weighted by molar-refractivity contribution is 7.99. The van der Waals surface area contributed by atoms with Crippen LogP contribution in [-0.4, -0.2) is 66.5 Å². The molecule has 0 aliphatic rings. The average Bonchev–Trinajstić information content (AvgIpc) is 3.53. The van der Waals surface area contributed by atoms with Crippen molar-refractivity contribution >= 4 is 32.8 Å². The molecule has 3 aromatic carbocycles. The predicted molar refractivity (Wildman–Crippen MR) is 175 cm³/mol. The minimum atomic E-state index is -4.15. The molecule has 0 radical (unpaired) electrons. The summed E-state index contributed by atoms with van der Waals surface area (Å²) in [7, 11) is 3.21. The summed E-state index contributed by atoms with van der Waals surface area (Å²) in [5, 5.41) is 7.76. The van der Waals surface area contributed by atoms with Crippen molar-refractivity contribution in [2.75, 3.05) is 47.9 Å². The standard InChI is InChI=1S/C32H32N2O12S2/c1-18-8-10-21(11-9-18)48(36,37)46-31-33-34-32(45-31)47-13-7-12-43-30-27(35)26-22(39-3)16-20(38-2)17-23(26)44-28(30)19-14-24(40-4)29(42-6)25(15-19)41-5/h8-11,14-17H,7,12-13H2,1-6H3. The SMILES string of the molecule is COc1cc(OC)c2c(=O)c(OCCCSc3nnc(OS(=O)(=O)c4ccc(C)cc4)o3)c(-c3cc(OC)c(OC)c(OC)c3)oc2c1. The van der Waals surface area contributed by atoms with Crippen LogP contribution < -0.4 is 38.0 Å². The number of rotatable bonds is 15. The minimum absolute atomic E-state index is 0.0431. The van der Waals surface area contributed by atoms with Gasteiger partial charge in [-0.25, -0.2) is 0 Å². The number of ether oxygens (including phenoxy) is 6. The van der Waals surface area contributed by atoms with Crippen molar-refractivity contribution in [1.82, 2.24) is 10.2 Å². The molecular weight excluding hydrogens is 668 g/mol. The Morgan fingerprint density at radius 2 is 1.48 bits per heavy atom. The number of hydrogen-bond donors (Lipinski definition) is 0. The first-order chi connectivity index (χ1) is 23.1. The Bertz CT molecular complexity index is 2050. The van der Waals surface area contributed by atoms with Crippen molar-refractivity contribution in [2.24, 2.45) is 0 Å². The Labute approximate surface area is 279 Å². The largest absolute Gasteiger partial charge is 0.496 e. The maximum atomic E-state index is 14.0.